The highest BCUT2D eigenvalue weighted by Crippen LogP contribution is 2.11. The van der Waals surface area contributed by atoms with E-state index >= 15 is 0 Å². The molecule has 0 aromatic heterocycles. The van der Waals surface area contributed by atoms with Crippen molar-refractivity contribution in [3.63, 3.8) is 0 Å². The van der Waals surface area contributed by atoms with Crippen molar-refractivity contribution in [1.82, 2.24) is 0 Å². The summed E-state index contributed by atoms with van der Waals surface area (Å²) in [6.45, 7) is 6.71. The zero-order valence-electron chi connectivity index (χ0n) is 7.68. The molecule has 62 valence electrons. The van der Waals surface area contributed by atoms with E-state index in [-0.39, 0.29) is 0 Å². The van der Waals surface area contributed by atoms with Crippen LogP contribution in [0.2, 0.25) is 0 Å². The molecule has 0 N–H and O–H groups in total. The predicted molar refractivity (Wildman–Crippen MR) is 49.2 cm³/mol. The summed E-state index contributed by atoms with van der Waals surface area (Å²) in [5.41, 5.74) is 0. The molecule has 0 spiro atoms. The van der Waals surface area contributed by atoms with Gasteiger partial charge in [-0.1, -0.05) is 20.3 Å². The van der Waals surface area contributed by atoms with Crippen molar-refractivity contribution < 1.29 is 4.43 Å². The van der Waals surface area contributed by atoms with Crippen molar-refractivity contribution in [2.24, 2.45) is 5.92 Å². The van der Waals surface area contributed by atoms with E-state index in [4.69, 9.17) is 4.43 Å². The standard InChI is InChI=1S/C8H20OSi/c1-4-7(2)5-6-8(3)9-10/h7-8H,4-6H2,1-3,10H3. The topological polar surface area (TPSA) is 9.23 Å². The third-order valence-electron chi connectivity index (χ3n) is 2.17. The molecule has 2 heteroatoms. The smallest absolute Gasteiger partial charge is 0.146 e. The van der Waals surface area contributed by atoms with Gasteiger partial charge < -0.3 is 4.43 Å². The fraction of sp³-hybridized carbons (Fsp3) is 1.00. The first-order valence-electron chi connectivity index (χ1n) is 4.23. The fourth-order valence-corrected chi connectivity index (χ4v) is 1.08. The SMILES string of the molecule is CCC(C)CCC(C)O[SiH3]. The molecule has 0 rings (SSSR count). The van der Waals surface area contributed by atoms with Crippen LogP contribution < -0.4 is 0 Å². The largest absolute Gasteiger partial charge is 0.425 e. The van der Waals surface area contributed by atoms with Gasteiger partial charge in [0.2, 0.25) is 0 Å². The van der Waals surface area contributed by atoms with Crippen molar-refractivity contribution in [3.05, 3.63) is 0 Å². The molecule has 10 heavy (non-hydrogen) atoms. The molecule has 0 aliphatic carbocycles. The van der Waals surface area contributed by atoms with Crippen LogP contribution in [-0.2, 0) is 4.43 Å². The quantitative estimate of drug-likeness (QED) is 0.554. The van der Waals surface area contributed by atoms with Crippen LogP contribution >= 0.6 is 0 Å². The molecule has 0 aliphatic rings. The van der Waals surface area contributed by atoms with Crippen LogP contribution in [0.1, 0.15) is 40.0 Å². The lowest BCUT2D eigenvalue weighted by Gasteiger charge is -2.12. The highest BCUT2D eigenvalue weighted by atomic mass is 28.2. The summed E-state index contributed by atoms with van der Waals surface area (Å²) in [6.07, 6.45) is 4.35. The van der Waals surface area contributed by atoms with Gasteiger partial charge in [-0.25, -0.2) is 0 Å². The first-order chi connectivity index (χ1) is 4.70. The lowest BCUT2D eigenvalue weighted by atomic mass is 10.0. The van der Waals surface area contributed by atoms with Crippen molar-refractivity contribution in [2.45, 2.75) is 46.1 Å². The lowest BCUT2D eigenvalue weighted by molar-refractivity contribution is 0.218. The maximum absolute atomic E-state index is 5.28. The minimum Gasteiger partial charge on any atom is -0.425 e. The Bertz CT molecular complexity index is 65.7. The molecule has 0 saturated heterocycles. The number of hydrogen-bond donors (Lipinski definition) is 0. The maximum atomic E-state index is 5.28. The molecule has 0 saturated carbocycles. The van der Waals surface area contributed by atoms with Crippen molar-refractivity contribution >= 4 is 10.5 Å². The molecule has 0 amide bonds. The van der Waals surface area contributed by atoms with E-state index in [2.05, 4.69) is 20.8 Å². The van der Waals surface area contributed by atoms with Crippen LogP contribution in [0, 0.1) is 5.92 Å². The second-order valence-corrected chi connectivity index (χ2v) is 3.61. The van der Waals surface area contributed by atoms with Gasteiger partial charge in [0.1, 0.15) is 10.5 Å². The molecule has 2 unspecified atom stereocenters. The fourth-order valence-electron chi connectivity index (χ4n) is 0.841. The molecule has 0 radical (unpaired) electrons. The van der Waals surface area contributed by atoms with Crippen molar-refractivity contribution in [3.8, 4) is 0 Å². The van der Waals surface area contributed by atoms with Gasteiger partial charge in [-0.3, -0.25) is 0 Å². The first kappa shape index (κ1) is 10.2. The average molecular weight is 160 g/mol. The molecule has 1 nitrogen and oxygen atoms in total. The normalized spacial score (nSPS) is 17.1. The van der Waals surface area contributed by atoms with Crippen LogP contribution in [0.4, 0.5) is 0 Å². The van der Waals surface area contributed by atoms with E-state index in [0.717, 1.165) is 16.4 Å². The molecule has 0 aromatic rings. The Balaban J connectivity index is 3.17. The third kappa shape index (κ3) is 5.00. The van der Waals surface area contributed by atoms with Gasteiger partial charge in [0, 0.05) is 6.10 Å². The van der Waals surface area contributed by atoms with E-state index in [1.165, 1.54) is 19.3 Å². The zero-order chi connectivity index (χ0) is 7.98. The summed E-state index contributed by atoms with van der Waals surface area (Å²) in [5, 5.41) is 0. The number of hydrogen-bond acceptors (Lipinski definition) is 1. The van der Waals surface area contributed by atoms with Gasteiger partial charge in [-0.15, -0.1) is 0 Å². The van der Waals surface area contributed by atoms with Gasteiger partial charge in [-0.2, -0.15) is 0 Å². The molecular formula is C8H20OSi. The summed E-state index contributed by atoms with van der Waals surface area (Å²) >= 11 is 0. The molecule has 0 fully saturated rings. The van der Waals surface area contributed by atoms with Gasteiger partial charge in [0.05, 0.1) is 0 Å². The molecule has 0 bridgehead atoms. The van der Waals surface area contributed by atoms with E-state index < -0.39 is 0 Å². The molecule has 2 atom stereocenters. The monoisotopic (exact) mass is 160 g/mol. The van der Waals surface area contributed by atoms with E-state index in [9.17, 15) is 0 Å². The van der Waals surface area contributed by atoms with E-state index in [1.54, 1.807) is 0 Å². The highest BCUT2D eigenvalue weighted by molar-refractivity contribution is 5.98. The minimum absolute atomic E-state index is 0.501. The van der Waals surface area contributed by atoms with Crippen LogP contribution in [-0.4, -0.2) is 16.6 Å². The second kappa shape index (κ2) is 5.92. The Morgan fingerprint density at radius 1 is 1.30 bits per heavy atom. The van der Waals surface area contributed by atoms with Gasteiger partial charge >= 0.3 is 0 Å². The Hall–Kier alpha value is 0.177. The Morgan fingerprint density at radius 2 is 1.90 bits per heavy atom. The lowest BCUT2D eigenvalue weighted by Crippen LogP contribution is -2.07. The third-order valence-corrected chi connectivity index (χ3v) is 2.97. The summed E-state index contributed by atoms with van der Waals surface area (Å²) in [5.74, 6) is 0.874. The molecule has 0 aliphatic heterocycles. The zero-order valence-corrected chi connectivity index (χ0v) is 9.68. The van der Waals surface area contributed by atoms with Crippen LogP contribution in [0.3, 0.4) is 0 Å². The van der Waals surface area contributed by atoms with Gasteiger partial charge in [0.15, 0.2) is 0 Å². The van der Waals surface area contributed by atoms with E-state index in [1.807, 2.05) is 0 Å². The second-order valence-electron chi connectivity index (χ2n) is 3.14. The summed E-state index contributed by atoms with van der Waals surface area (Å²) in [7, 11) is 0.884. The molecule has 0 heterocycles. The predicted octanol–water partition coefficient (Wildman–Crippen LogP) is 1.50. The summed E-state index contributed by atoms with van der Waals surface area (Å²) < 4.78 is 5.28. The van der Waals surface area contributed by atoms with Gasteiger partial charge in [0.25, 0.3) is 0 Å². The van der Waals surface area contributed by atoms with Crippen LogP contribution in [0.5, 0.6) is 0 Å². The molecule has 0 aromatic carbocycles. The van der Waals surface area contributed by atoms with Crippen LogP contribution in [0.15, 0.2) is 0 Å². The van der Waals surface area contributed by atoms with Gasteiger partial charge in [-0.05, 0) is 25.7 Å². The summed E-state index contributed by atoms with van der Waals surface area (Å²) in [6, 6.07) is 0. The van der Waals surface area contributed by atoms with Crippen LogP contribution in [0.25, 0.3) is 0 Å². The summed E-state index contributed by atoms with van der Waals surface area (Å²) in [4.78, 5) is 0. The van der Waals surface area contributed by atoms with E-state index in [0.29, 0.717) is 6.10 Å². The van der Waals surface area contributed by atoms with Crippen molar-refractivity contribution in [1.29, 1.82) is 0 Å². The highest BCUT2D eigenvalue weighted by Gasteiger charge is 2.02. The minimum atomic E-state index is 0.501. The average Bonchev–Trinajstić information content (AvgIpc) is 1.99. The Morgan fingerprint density at radius 3 is 2.30 bits per heavy atom. The number of rotatable bonds is 5. The Kier molecular flexibility index (Phi) is 6.03. The maximum Gasteiger partial charge on any atom is 0.146 e. The Labute approximate surface area is 67.7 Å². The van der Waals surface area contributed by atoms with Crippen molar-refractivity contribution in [2.75, 3.05) is 0 Å². The molecular weight excluding hydrogens is 140 g/mol. The first-order valence-corrected chi connectivity index (χ1v) is 5.05.